The van der Waals surface area contributed by atoms with E-state index in [1.165, 1.54) is 6.07 Å². The van der Waals surface area contributed by atoms with Crippen molar-refractivity contribution in [1.82, 2.24) is 15.5 Å². The lowest BCUT2D eigenvalue weighted by atomic mass is 10.0. The summed E-state index contributed by atoms with van der Waals surface area (Å²) < 4.78 is 13.6. The first-order chi connectivity index (χ1) is 11.2. The van der Waals surface area contributed by atoms with Crippen LogP contribution in [0.15, 0.2) is 24.3 Å². The monoisotopic (exact) mass is 335 g/mol. The number of carbonyl (C=O) groups is 2. The summed E-state index contributed by atoms with van der Waals surface area (Å²) in [5.74, 6) is -0.418. The van der Waals surface area contributed by atoms with E-state index in [-0.39, 0.29) is 35.8 Å². The topological polar surface area (TPSA) is 61.4 Å². The number of nitrogens with one attached hydrogen (secondary N) is 2. The second-order valence-electron chi connectivity index (χ2n) is 7.27. The van der Waals surface area contributed by atoms with Crippen LogP contribution in [0.3, 0.4) is 0 Å². The van der Waals surface area contributed by atoms with Crippen molar-refractivity contribution in [3.8, 4) is 0 Å². The van der Waals surface area contributed by atoms with Crippen LogP contribution < -0.4 is 10.6 Å². The van der Waals surface area contributed by atoms with Gasteiger partial charge in [0.05, 0.1) is 6.42 Å². The van der Waals surface area contributed by atoms with Gasteiger partial charge in [-0.1, -0.05) is 18.2 Å². The van der Waals surface area contributed by atoms with E-state index in [1.807, 2.05) is 20.8 Å². The van der Waals surface area contributed by atoms with Gasteiger partial charge in [-0.15, -0.1) is 0 Å². The molecule has 1 fully saturated rings. The number of urea groups is 1. The predicted molar refractivity (Wildman–Crippen MR) is 91.1 cm³/mol. The van der Waals surface area contributed by atoms with Crippen molar-refractivity contribution in [1.29, 1.82) is 0 Å². The first kappa shape index (κ1) is 18.2. The maximum absolute atomic E-state index is 13.6. The maximum Gasteiger partial charge on any atom is 0.315 e. The van der Waals surface area contributed by atoms with Crippen LogP contribution in [0.25, 0.3) is 0 Å². The summed E-state index contributed by atoms with van der Waals surface area (Å²) in [6.07, 6.45) is 1.50. The van der Waals surface area contributed by atoms with E-state index in [0.29, 0.717) is 31.5 Å². The summed E-state index contributed by atoms with van der Waals surface area (Å²) >= 11 is 0. The van der Waals surface area contributed by atoms with E-state index < -0.39 is 0 Å². The number of rotatable bonds is 3. The van der Waals surface area contributed by atoms with E-state index in [4.69, 9.17) is 0 Å². The molecule has 0 radical (unpaired) electrons. The third-order valence-corrected chi connectivity index (χ3v) is 3.97. The molecular formula is C18H26FN3O2. The minimum atomic E-state index is -0.346. The first-order valence-electron chi connectivity index (χ1n) is 8.34. The highest BCUT2D eigenvalue weighted by molar-refractivity contribution is 5.79. The summed E-state index contributed by atoms with van der Waals surface area (Å²) in [6, 6.07) is 6.23. The molecule has 0 saturated carbocycles. The van der Waals surface area contributed by atoms with Crippen LogP contribution in [-0.4, -0.2) is 41.5 Å². The molecule has 0 aliphatic carbocycles. The Morgan fingerprint density at radius 1 is 1.21 bits per heavy atom. The molecule has 1 aromatic rings. The summed E-state index contributed by atoms with van der Waals surface area (Å²) in [5.41, 5.74) is 0.146. The van der Waals surface area contributed by atoms with Crippen molar-refractivity contribution < 1.29 is 14.0 Å². The second-order valence-corrected chi connectivity index (χ2v) is 7.27. The van der Waals surface area contributed by atoms with Crippen LogP contribution in [0.5, 0.6) is 0 Å². The first-order valence-corrected chi connectivity index (χ1v) is 8.34. The van der Waals surface area contributed by atoms with E-state index in [1.54, 1.807) is 23.1 Å². The van der Waals surface area contributed by atoms with Crippen molar-refractivity contribution in [3.05, 3.63) is 35.6 Å². The number of hydrogen-bond acceptors (Lipinski definition) is 2. The smallest absolute Gasteiger partial charge is 0.315 e. The molecule has 3 amide bonds. The van der Waals surface area contributed by atoms with Gasteiger partial charge in [0.25, 0.3) is 0 Å². The molecule has 0 spiro atoms. The fourth-order valence-electron chi connectivity index (χ4n) is 2.75. The number of benzene rings is 1. The zero-order valence-corrected chi connectivity index (χ0v) is 14.6. The minimum Gasteiger partial charge on any atom is -0.342 e. The summed E-state index contributed by atoms with van der Waals surface area (Å²) in [6.45, 7) is 6.94. The van der Waals surface area contributed by atoms with Gasteiger partial charge in [-0.2, -0.15) is 0 Å². The Hall–Kier alpha value is -2.11. The Balaban J connectivity index is 1.79. The Bertz CT molecular complexity index is 590. The highest BCUT2D eigenvalue weighted by atomic mass is 19.1. The van der Waals surface area contributed by atoms with Gasteiger partial charge in [0.2, 0.25) is 5.91 Å². The number of likely N-dealkylation sites (tertiary alicyclic amines) is 1. The summed E-state index contributed by atoms with van der Waals surface area (Å²) in [5, 5.41) is 5.81. The van der Waals surface area contributed by atoms with Crippen LogP contribution in [0.4, 0.5) is 9.18 Å². The van der Waals surface area contributed by atoms with Gasteiger partial charge in [-0.3, -0.25) is 4.79 Å². The van der Waals surface area contributed by atoms with Gasteiger partial charge in [-0.25, -0.2) is 9.18 Å². The molecule has 6 heteroatoms. The standard InChI is InChI=1S/C18H26FN3O2/c1-18(2,3)21-17(24)20-14-8-10-22(11-9-14)16(23)12-13-6-4-5-7-15(13)19/h4-7,14H,8-12H2,1-3H3,(H2,20,21,24). The largest absolute Gasteiger partial charge is 0.342 e. The molecule has 5 nitrogen and oxygen atoms in total. The number of halogens is 1. The maximum atomic E-state index is 13.6. The van der Waals surface area contributed by atoms with Crippen molar-refractivity contribution in [2.24, 2.45) is 0 Å². The lowest BCUT2D eigenvalue weighted by molar-refractivity contribution is -0.131. The van der Waals surface area contributed by atoms with E-state index in [9.17, 15) is 14.0 Å². The molecular weight excluding hydrogens is 309 g/mol. The molecule has 0 atom stereocenters. The molecule has 1 aliphatic heterocycles. The van der Waals surface area contributed by atoms with Crippen molar-refractivity contribution in [2.45, 2.75) is 51.6 Å². The number of nitrogens with zero attached hydrogens (tertiary/aromatic N) is 1. The fraction of sp³-hybridized carbons (Fsp3) is 0.556. The molecule has 0 unspecified atom stereocenters. The molecule has 2 N–H and O–H groups in total. The van der Waals surface area contributed by atoms with Gasteiger partial charge < -0.3 is 15.5 Å². The molecule has 1 aromatic carbocycles. The van der Waals surface area contributed by atoms with E-state index >= 15 is 0 Å². The van der Waals surface area contributed by atoms with Crippen LogP contribution >= 0.6 is 0 Å². The Morgan fingerprint density at radius 2 is 1.83 bits per heavy atom. The zero-order chi connectivity index (χ0) is 17.7. The third kappa shape index (κ3) is 5.51. The van der Waals surface area contributed by atoms with Crippen molar-refractivity contribution >= 4 is 11.9 Å². The van der Waals surface area contributed by atoms with Crippen LogP contribution in [0, 0.1) is 5.82 Å². The highest BCUT2D eigenvalue weighted by Crippen LogP contribution is 2.14. The van der Waals surface area contributed by atoms with Gasteiger partial charge in [-0.05, 0) is 45.2 Å². The Kier molecular flexibility index (Phi) is 5.80. The fourth-order valence-corrected chi connectivity index (χ4v) is 2.75. The second kappa shape index (κ2) is 7.64. The lowest BCUT2D eigenvalue weighted by Gasteiger charge is -2.33. The summed E-state index contributed by atoms with van der Waals surface area (Å²) in [7, 11) is 0. The summed E-state index contributed by atoms with van der Waals surface area (Å²) in [4.78, 5) is 25.9. The molecule has 0 bridgehead atoms. The number of carbonyl (C=O) groups excluding carboxylic acids is 2. The third-order valence-electron chi connectivity index (χ3n) is 3.97. The average molecular weight is 335 g/mol. The number of hydrogen-bond donors (Lipinski definition) is 2. The zero-order valence-electron chi connectivity index (χ0n) is 14.6. The van der Waals surface area contributed by atoms with E-state index in [0.717, 1.165) is 0 Å². The van der Waals surface area contributed by atoms with Crippen molar-refractivity contribution in [3.63, 3.8) is 0 Å². The molecule has 132 valence electrons. The minimum absolute atomic E-state index is 0.0601. The Labute approximate surface area is 142 Å². The number of amides is 3. The average Bonchev–Trinajstić information content (AvgIpc) is 2.48. The normalized spacial score (nSPS) is 15.9. The highest BCUT2D eigenvalue weighted by Gasteiger charge is 2.25. The SMILES string of the molecule is CC(C)(C)NC(=O)NC1CCN(C(=O)Cc2ccccc2F)CC1. The molecule has 24 heavy (non-hydrogen) atoms. The number of piperidine rings is 1. The van der Waals surface area contributed by atoms with Crippen LogP contribution in [0.2, 0.25) is 0 Å². The lowest BCUT2D eigenvalue weighted by Crippen LogP contribution is -2.52. The van der Waals surface area contributed by atoms with Gasteiger partial charge >= 0.3 is 6.03 Å². The van der Waals surface area contributed by atoms with Crippen molar-refractivity contribution in [2.75, 3.05) is 13.1 Å². The Morgan fingerprint density at radius 3 is 2.42 bits per heavy atom. The van der Waals surface area contributed by atoms with Crippen LogP contribution in [0.1, 0.15) is 39.2 Å². The van der Waals surface area contributed by atoms with Gasteiger partial charge in [0.1, 0.15) is 5.82 Å². The van der Waals surface area contributed by atoms with Crippen LogP contribution in [-0.2, 0) is 11.2 Å². The molecule has 1 saturated heterocycles. The molecule has 1 aliphatic rings. The van der Waals surface area contributed by atoms with Gasteiger partial charge in [0, 0.05) is 24.7 Å². The van der Waals surface area contributed by atoms with E-state index in [2.05, 4.69) is 10.6 Å². The molecule has 0 aromatic heterocycles. The molecule has 2 rings (SSSR count). The molecule has 1 heterocycles. The van der Waals surface area contributed by atoms with Gasteiger partial charge in [0.15, 0.2) is 0 Å². The quantitative estimate of drug-likeness (QED) is 0.891. The predicted octanol–water partition coefficient (Wildman–Crippen LogP) is 2.46.